The first kappa shape index (κ1) is 14.3. The van der Waals surface area contributed by atoms with Crippen LogP contribution in [0, 0.1) is 0 Å². The summed E-state index contributed by atoms with van der Waals surface area (Å²) < 4.78 is 26.9. The quantitative estimate of drug-likeness (QED) is 0.851. The van der Waals surface area contributed by atoms with Crippen molar-refractivity contribution >= 4 is 27.3 Å². The molecule has 8 heteroatoms. The summed E-state index contributed by atoms with van der Waals surface area (Å²) in [6.07, 6.45) is 2.93. The maximum absolute atomic E-state index is 12.7. The molecule has 3 rings (SSSR count). The van der Waals surface area contributed by atoms with Crippen LogP contribution in [-0.2, 0) is 16.6 Å². The monoisotopic (exact) mass is 326 g/mol. The molecular formula is C13H14N2O4S2. The van der Waals surface area contributed by atoms with Crippen LogP contribution in [0.2, 0.25) is 0 Å². The molecule has 0 spiro atoms. The summed E-state index contributed by atoms with van der Waals surface area (Å²) in [7, 11) is -3.68. The Morgan fingerprint density at radius 2 is 2.24 bits per heavy atom. The van der Waals surface area contributed by atoms with E-state index in [0.717, 1.165) is 17.7 Å². The topological polar surface area (TPSA) is 90.5 Å². The summed E-state index contributed by atoms with van der Waals surface area (Å²) in [6.45, 7) is 0.332. The van der Waals surface area contributed by atoms with Gasteiger partial charge in [-0.25, -0.2) is 13.2 Å². The molecule has 0 radical (unpaired) electrons. The fourth-order valence-electron chi connectivity index (χ4n) is 2.11. The Balaban J connectivity index is 1.91. The van der Waals surface area contributed by atoms with Gasteiger partial charge in [-0.3, -0.25) is 0 Å². The fraction of sp³-hybridized carbons (Fsp3) is 0.308. The van der Waals surface area contributed by atoms with Gasteiger partial charge in [-0.2, -0.15) is 4.31 Å². The lowest BCUT2D eigenvalue weighted by molar-refractivity contribution is 0.0691. The maximum Gasteiger partial charge on any atom is 0.352 e. The van der Waals surface area contributed by atoms with Crippen LogP contribution in [0.1, 0.15) is 28.2 Å². The molecule has 1 saturated carbocycles. The molecule has 0 saturated heterocycles. The first-order valence-corrected chi connectivity index (χ1v) is 8.76. The molecule has 2 heterocycles. The van der Waals surface area contributed by atoms with E-state index in [9.17, 15) is 13.2 Å². The highest BCUT2D eigenvalue weighted by molar-refractivity contribution is 7.89. The van der Waals surface area contributed by atoms with Crippen LogP contribution in [0.3, 0.4) is 0 Å². The van der Waals surface area contributed by atoms with Crippen molar-refractivity contribution in [3.63, 3.8) is 0 Å². The largest absolute Gasteiger partial charge is 0.477 e. The van der Waals surface area contributed by atoms with E-state index in [1.165, 1.54) is 27.9 Å². The lowest BCUT2D eigenvalue weighted by Crippen LogP contribution is -2.32. The number of aromatic carboxylic acids is 1. The van der Waals surface area contributed by atoms with Crippen LogP contribution < -0.4 is 0 Å². The molecule has 0 aromatic carbocycles. The zero-order chi connectivity index (χ0) is 15.0. The van der Waals surface area contributed by atoms with E-state index in [2.05, 4.69) is 4.98 Å². The van der Waals surface area contributed by atoms with E-state index in [1.807, 2.05) is 17.5 Å². The summed E-state index contributed by atoms with van der Waals surface area (Å²) in [5.74, 6) is -1.17. The number of thiophene rings is 1. The number of carboxylic acids is 1. The Bertz CT molecular complexity index is 745. The van der Waals surface area contributed by atoms with Gasteiger partial charge in [0.1, 0.15) is 10.6 Å². The van der Waals surface area contributed by atoms with Gasteiger partial charge in [-0.1, -0.05) is 6.07 Å². The number of sulfonamides is 1. The predicted molar refractivity (Wildman–Crippen MR) is 77.8 cm³/mol. The molecule has 2 aromatic rings. The predicted octanol–water partition coefficient (Wildman–Crippen LogP) is 2.13. The van der Waals surface area contributed by atoms with Crippen molar-refractivity contribution in [1.29, 1.82) is 0 Å². The van der Waals surface area contributed by atoms with Crippen LogP contribution in [-0.4, -0.2) is 34.8 Å². The minimum absolute atomic E-state index is 0.00311. The van der Waals surface area contributed by atoms with Crippen LogP contribution in [0.5, 0.6) is 0 Å². The third-order valence-corrected chi connectivity index (χ3v) is 6.08. The Kier molecular flexibility index (Phi) is 3.60. The maximum atomic E-state index is 12.7. The minimum atomic E-state index is -3.68. The molecule has 2 aromatic heterocycles. The van der Waals surface area contributed by atoms with Gasteiger partial charge in [0, 0.05) is 23.7 Å². The normalized spacial score (nSPS) is 15.5. The van der Waals surface area contributed by atoms with E-state index in [0.29, 0.717) is 6.54 Å². The van der Waals surface area contributed by atoms with Crippen LogP contribution in [0.4, 0.5) is 0 Å². The van der Waals surface area contributed by atoms with Crippen molar-refractivity contribution in [2.24, 2.45) is 0 Å². The van der Waals surface area contributed by atoms with Crippen molar-refractivity contribution in [2.45, 2.75) is 30.3 Å². The van der Waals surface area contributed by atoms with E-state index < -0.39 is 16.0 Å². The van der Waals surface area contributed by atoms with Gasteiger partial charge in [-0.15, -0.1) is 11.3 Å². The highest BCUT2D eigenvalue weighted by Crippen LogP contribution is 2.34. The molecule has 0 amide bonds. The highest BCUT2D eigenvalue weighted by atomic mass is 32.2. The second-order valence-corrected chi connectivity index (χ2v) is 7.84. The van der Waals surface area contributed by atoms with E-state index >= 15 is 0 Å². The molecule has 6 nitrogen and oxygen atoms in total. The third-order valence-electron chi connectivity index (χ3n) is 3.34. The van der Waals surface area contributed by atoms with Crippen molar-refractivity contribution in [3.05, 3.63) is 40.3 Å². The number of carbonyl (C=O) groups is 1. The molecule has 21 heavy (non-hydrogen) atoms. The number of hydrogen-bond acceptors (Lipinski definition) is 4. The third kappa shape index (κ3) is 2.87. The van der Waals surface area contributed by atoms with Crippen LogP contribution in [0.25, 0.3) is 0 Å². The standard InChI is InChI=1S/C13H14N2O4S2/c16-13(17)12-6-11(7-14-12)21(18,19)15(9-3-4-9)8-10-2-1-5-20-10/h1-2,5-7,9,14H,3-4,8H2,(H,16,17). The van der Waals surface area contributed by atoms with Crippen molar-refractivity contribution < 1.29 is 18.3 Å². The number of aromatic amines is 1. The zero-order valence-electron chi connectivity index (χ0n) is 11.0. The number of rotatable bonds is 6. The first-order chi connectivity index (χ1) is 9.98. The molecule has 0 aliphatic heterocycles. The molecule has 2 N–H and O–H groups in total. The Morgan fingerprint density at radius 3 is 2.76 bits per heavy atom. The number of aromatic nitrogens is 1. The number of hydrogen-bond donors (Lipinski definition) is 2. The Hall–Kier alpha value is -1.64. The summed E-state index contributed by atoms with van der Waals surface area (Å²) in [6, 6.07) is 4.97. The number of H-pyrrole nitrogens is 1. The van der Waals surface area contributed by atoms with Crippen LogP contribution >= 0.6 is 11.3 Å². The smallest absolute Gasteiger partial charge is 0.352 e. The summed E-state index contributed by atoms with van der Waals surface area (Å²) in [5.41, 5.74) is -0.125. The van der Waals surface area contributed by atoms with E-state index in [-0.39, 0.29) is 16.6 Å². The van der Waals surface area contributed by atoms with Crippen molar-refractivity contribution in [3.8, 4) is 0 Å². The van der Waals surface area contributed by atoms with Crippen LogP contribution in [0.15, 0.2) is 34.7 Å². The van der Waals surface area contributed by atoms with Gasteiger partial charge in [0.25, 0.3) is 0 Å². The lowest BCUT2D eigenvalue weighted by Gasteiger charge is -2.20. The fourth-order valence-corrected chi connectivity index (χ4v) is 4.55. The van der Waals surface area contributed by atoms with Crippen molar-refractivity contribution in [1.82, 2.24) is 9.29 Å². The average molecular weight is 326 g/mol. The summed E-state index contributed by atoms with van der Waals surface area (Å²) in [5, 5.41) is 10.8. The van der Waals surface area contributed by atoms with Gasteiger partial charge in [0.15, 0.2) is 0 Å². The SMILES string of the molecule is O=C(O)c1cc(S(=O)(=O)N(Cc2cccs2)C2CC2)c[nH]1. The average Bonchev–Trinajstić information content (AvgIpc) is 2.95. The number of nitrogens with one attached hydrogen (secondary N) is 1. The molecule has 0 unspecified atom stereocenters. The molecular weight excluding hydrogens is 312 g/mol. The van der Waals surface area contributed by atoms with Crippen molar-refractivity contribution in [2.75, 3.05) is 0 Å². The Morgan fingerprint density at radius 1 is 1.48 bits per heavy atom. The van der Waals surface area contributed by atoms with Gasteiger partial charge in [0.05, 0.1) is 0 Å². The Labute approximate surface area is 126 Å². The molecule has 1 aliphatic carbocycles. The van der Waals surface area contributed by atoms with Gasteiger partial charge in [-0.05, 0) is 30.4 Å². The molecule has 0 bridgehead atoms. The molecule has 1 fully saturated rings. The first-order valence-electron chi connectivity index (χ1n) is 6.44. The van der Waals surface area contributed by atoms with Gasteiger partial charge >= 0.3 is 5.97 Å². The van der Waals surface area contributed by atoms with E-state index in [4.69, 9.17) is 5.11 Å². The van der Waals surface area contributed by atoms with E-state index in [1.54, 1.807) is 0 Å². The second kappa shape index (κ2) is 5.28. The second-order valence-electron chi connectivity index (χ2n) is 4.92. The van der Waals surface area contributed by atoms with Gasteiger partial charge < -0.3 is 10.1 Å². The lowest BCUT2D eigenvalue weighted by atomic mass is 10.4. The summed E-state index contributed by atoms with van der Waals surface area (Å²) >= 11 is 1.51. The highest BCUT2D eigenvalue weighted by Gasteiger charge is 2.38. The number of carboxylic acid groups (broad SMARTS) is 1. The summed E-state index contributed by atoms with van der Waals surface area (Å²) in [4.78, 5) is 14.3. The number of nitrogens with zero attached hydrogens (tertiary/aromatic N) is 1. The zero-order valence-corrected chi connectivity index (χ0v) is 12.7. The minimum Gasteiger partial charge on any atom is -0.477 e. The molecule has 112 valence electrons. The molecule has 0 atom stereocenters. The molecule has 1 aliphatic rings. The van der Waals surface area contributed by atoms with Gasteiger partial charge in [0.2, 0.25) is 10.0 Å².